The Kier molecular flexibility index (Phi) is 9.45. The fourth-order valence-electron chi connectivity index (χ4n) is 4.31. The summed E-state index contributed by atoms with van der Waals surface area (Å²) in [6.07, 6.45) is 2.46. The molecule has 2 aliphatic rings. The van der Waals surface area contributed by atoms with Crippen LogP contribution in [0.4, 0.5) is 15.5 Å². The Balaban J connectivity index is 1.50. The van der Waals surface area contributed by atoms with Crippen molar-refractivity contribution >= 4 is 57.7 Å². The molecule has 2 heterocycles. The molecule has 1 aliphatic carbocycles. The predicted molar refractivity (Wildman–Crippen MR) is 157 cm³/mol. The molecule has 9 nitrogen and oxygen atoms in total. The molecule has 11 heteroatoms. The van der Waals surface area contributed by atoms with Crippen LogP contribution in [0, 0.1) is 5.92 Å². The summed E-state index contributed by atoms with van der Waals surface area (Å²) in [4.78, 5) is 54.6. The van der Waals surface area contributed by atoms with Crippen LogP contribution in [0.25, 0.3) is 0 Å². The van der Waals surface area contributed by atoms with E-state index in [2.05, 4.69) is 10.6 Å². The highest BCUT2D eigenvalue weighted by molar-refractivity contribution is 8.00. The molecule has 1 aliphatic heterocycles. The normalized spacial score (nSPS) is 15.6. The lowest BCUT2D eigenvalue weighted by molar-refractivity contribution is -0.117. The number of thioether (sulfide) groups is 1. The average Bonchev–Trinajstić information content (AvgIpc) is 3.68. The fraction of sp³-hybridized carbons (Fsp3) is 0.517. The Hall–Kier alpha value is -3.05. The van der Waals surface area contributed by atoms with Gasteiger partial charge in [0.15, 0.2) is 0 Å². The first kappa shape index (κ1) is 29.9. The van der Waals surface area contributed by atoms with Gasteiger partial charge < -0.3 is 25.0 Å². The van der Waals surface area contributed by atoms with E-state index in [1.54, 1.807) is 11.8 Å². The molecule has 0 spiro atoms. The van der Waals surface area contributed by atoms with Crippen molar-refractivity contribution in [2.75, 3.05) is 23.8 Å². The van der Waals surface area contributed by atoms with Gasteiger partial charge in [0.05, 0.1) is 24.0 Å². The molecule has 4 rings (SSSR count). The first-order valence-corrected chi connectivity index (χ1v) is 15.4. The van der Waals surface area contributed by atoms with Crippen LogP contribution >= 0.6 is 23.1 Å². The number of nitrogens with one attached hydrogen (secondary N) is 2. The largest absolute Gasteiger partial charge is 0.462 e. The summed E-state index contributed by atoms with van der Waals surface area (Å²) in [6, 6.07) is 7.48. The number of nitrogens with zero attached hydrogens (tertiary/aromatic N) is 1. The number of anilines is 2. The van der Waals surface area contributed by atoms with Crippen LogP contribution in [0.5, 0.6) is 0 Å². The third kappa shape index (κ3) is 7.57. The van der Waals surface area contributed by atoms with Gasteiger partial charge in [-0.25, -0.2) is 9.59 Å². The van der Waals surface area contributed by atoms with E-state index in [9.17, 15) is 19.2 Å². The maximum atomic E-state index is 13.5. The fourth-order valence-corrected chi connectivity index (χ4v) is 6.58. The Morgan fingerprint density at radius 3 is 2.55 bits per heavy atom. The molecule has 1 atom stereocenters. The first-order chi connectivity index (χ1) is 19.0. The minimum absolute atomic E-state index is 0.0327. The van der Waals surface area contributed by atoms with Gasteiger partial charge in [0.1, 0.15) is 10.6 Å². The van der Waals surface area contributed by atoms with Crippen molar-refractivity contribution in [2.24, 2.45) is 5.92 Å². The van der Waals surface area contributed by atoms with Crippen LogP contribution in [0.3, 0.4) is 0 Å². The maximum absolute atomic E-state index is 13.5. The van der Waals surface area contributed by atoms with Crippen LogP contribution in [0.1, 0.15) is 74.7 Å². The van der Waals surface area contributed by atoms with Gasteiger partial charge in [0.2, 0.25) is 11.8 Å². The average molecular weight is 588 g/mol. The second-order valence-electron chi connectivity index (χ2n) is 10.9. The van der Waals surface area contributed by atoms with Crippen molar-refractivity contribution < 1.29 is 28.7 Å². The second kappa shape index (κ2) is 12.6. The number of fused-ring (bicyclic) bond motifs is 1. The Labute approximate surface area is 243 Å². The van der Waals surface area contributed by atoms with Gasteiger partial charge in [-0.05, 0) is 77.1 Å². The van der Waals surface area contributed by atoms with Crippen LogP contribution in [0.2, 0.25) is 0 Å². The predicted octanol–water partition coefficient (Wildman–Crippen LogP) is 6.08. The summed E-state index contributed by atoms with van der Waals surface area (Å²) in [5, 5.41) is 5.94. The van der Waals surface area contributed by atoms with Crippen molar-refractivity contribution in [3.63, 3.8) is 0 Å². The Morgan fingerprint density at radius 2 is 1.90 bits per heavy atom. The molecular weight excluding hydrogens is 550 g/mol. The lowest BCUT2D eigenvalue weighted by Crippen LogP contribution is -2.39. The second-order valence-corrected chi connectivity index (χ2v) is 13.3. The molecule has 40 heavy (non-hydrogen) atoms. The molecule has 1 aromatic heterocycles. The maximum Gasteiger partial charge on any atom is 0.410 e. The quantitative estimate of drug-likeness (QED) is 0.270. The molecule has 1 aromatic carbocycles. The molecule has 3 amide bonds. The zero-order valence-corrected chi connectivity index (χ0v) is 25.3. The van der Waals surface area contributed by atoms with Gasteiger partial charge in [0.25, 0.3) is 0 Å². The number of hydrogen-bond donors (Lipinski definition) is 2. The lowest BCUT2D eigenvalue weighted by Gasteiger charge is -2.30. The van der Waals surface area contributed by atoms with E-state index in [1.165, 1.54) is 23.1 Å². The number of rotatable bonds is 9. The van der Waals surface area contributed by atoms with E-state index in [-0.39, 0.29) is 24.3 Å². The number of benzene rings is 1. The zero-order valence-electron chi connectivity index (χ0n) is 23.6. The molecule has 1 fully saturated rings. The molecule has 2 aromatic rings. The summed E-state index contributed by atoms with van der Waals surface area (Å²) in [7, 11) is 0. The van der Waals surface area contributed by atoms with Gasteiger partial charge in [-0.15, -0.1) is 23.1 Å². The SMILES string of the molecule is CCOC(=O)c1c(NC(=O)C(CC)Sc2cccc(NC(=O)C3CC3)c2)sc2c1CCN(C(=O)OC(C)(C)C)C2. The van der Waals surface area contributed by atoms with E-state index >= 15 is 0 Å². The van der Waals surface area contributed by atoms with E-state index in [0.717, 1.165) is 28.2 Å². The summed E-state index contributed by atoms with van der Waals surface area (Å²) >= 11 is 2.70. The van der Waals surface area contributed by atoms with Crippen LogP contribution in [-0.4, -0.2) is 52.8 Å². The van der Waals surface area contributed by atoms with Crippen molar-refractivity contribution in [2.45, 2.75) is 82.6 Å². The standard InChI is InChI=1S/C29H37N3O6S2/c1-6-21(39-19-10-8-9-18(15-19)30-24(33)17-11-12-17)25(34)31-26-23(27(35)37-7-2)20-13-14-32(16-22(20)40-26)28(36)38-29(3,4)5/h8-10,15,17,21H,6-7,11-14,16H2,1-5H3,(H,30,33)(H,31,34). The number of esters is 1. The smallest absolute Gasteiger partial charge is 0.410 e. The number of hydrogen-bond acceptors (Lipinski definition) is 8. The van der Waals surface area contributed by atoms with E-state index in [0.29, 0.717) is 42.2 Å². The molecule has 0 saturated heterocycles. The minimum Gasteiger partial charge on any atom is -0.462 e. The summed E-state index contributed by atoms with van der Waals surface area (Å²) in [5.41, 5.74) is 1.27. The Bertz CT molecular complexity index is 1280. The number of thiophene rings is 1. The van der Waals surface area contributed by atoms with Crippen LogP contribution in [0.15, 0.2) is 29.2 Å². The van der Waals surface area contributed by atoms with Gasteiger partial charge in [-0.1, -0.05) is 13.0 Å². The molecule has 216 valence electrons. The van der Waals surface area contributed by atoms with Crippen molar-refractivity contribution in [1.82, 2.24) is 4.90 Å². The van der Waals surface area contributed by atoms with Crippen molar-refractivity contribution in [3.05, 3.63) is 40.3 Å². The first-order valence-electron chi connectivity index (χ1n) is 13.7. The van der Waals surface area contributed by atoms with E-state index in [1.807, 2.05) is 52.0 Å². The lowest BCUT2D eigenvalue weighted by atomic mass is 10.0. The highest BCUT2D eigenvalue weighted by Crippen LogP contribution is 2.39. The Morgan fingerprint density at radius 1 is 1.15 bits per heavy atom. The highest BCUT2D eigenvalue weighted by Gasteiger charge is 2.33. The van der Waals surface area contributed by atoms with Crippen molar-refractivity contribution in [1.29, 1.82) is 0 Å². The molecule has 0 radical (unpaired) electrons. The van der Waals surface area contributed by atoms with Crippen LogP contribution in [-0.2, 0) is 32.0 Å². The van der Waals surface area contributed by atoms with Gasteiger partial charge in [-0.2, -0.15) is 0 Å². The summed E-state index contributed by atoms with van der Waals surface area (Å²) < 4.78 is 10.9. The van der Waals surface area contributed by atoms with Gasteiger partial charge >= 0.3 is 12.1 Å². The van der Waals surface area contributed by atoms with E-state index < -0.39 is 22.9 Å². The minimum atomic E-state index is -0.614. The van der Waals surface area contributed by atoms with Crippen LogP contribution < -0.4 is 10.6 Å². The monoisotopic (exact) mass is 587 g/mol. The number of ether oxygens (including phenoxy) is 2. The molecule has 1 unspecified atom stereocenters. The van der Waals surface area contributed by atoms with E-state index in [4.69, 9.17) is 9.47 Å². The number of carbonyl (C=O) groups excluding carboxylic acids is 4. The zero-order chi connectivity index (χ0) is 29.0. The highest BCUT2D eigenvalue weighted by atomic mass is 32.2. The molecule has 2 N–H and O–H groups in total. The number of amides is 3. The summed E-state index contributed by atoms with van der Waals surface area (Å²) in [6.45, 7) is 10.0. The third-order valence-corrected chi connectivity index (χ3v) is 8.91. The third-order valence-electron chi connectivity index (χ3n) is 6.42. The summed E-state index contributed by atoms with van der Waals surface area (Å²) in [5.74, 6) is -0.578. The topological polar surface area (TPSA) is 114 Å². The molecular formula is C29H37N3O6S2. The molecule has 1 saturated carbocycles. The van der Waals surface area contributed by atoms with Gasteiger partial charge in [-0.3, -0.25) is 9.59 Å². The molecule has 0 bridgehead atoms. The van der Waals surface area contributed by atoms with Crippen molar-refractivity contribution in [3.8, 4) is 0 Å². The van der Waals surface area contributed by atoms with Gasteiger partial charge in [0, 0.05) is 27.9 Å². The number of carbonyl (C=O) groups is 4.